The molecule has 124 valence electrons. The second kappa shape index (κ2) is 6.18. The first-order valence-electron chi connectivity index (χ1n) is 8.16. The number of amides is 1. The highest BCUT2D eigenvalue weighted by atomic mass is 16.6. The molecule has 1 atom stereocenters. The summed E-state index contributed by atoms with van der Waals surface area (Å²) in [7, 11) is 0. The molecule has 1 aromatic heterocycles. The second-order valence-electron chi connectivity index (χ2n) is 7.11. The van der Waals surface area contributed by atoms with Gasteiger partial charge in [-0.05, 0) is 33.6 Å². The normalized spacial score (nSPS) is 21.1. The van der Waals surface area contributed by atoms with Crippen LogP contribution in [0.3, 0.4) is 0 Å². The standard InChI is InChI=1S/C17H24N4O2/c1-17(2,3)23-16(22)21-8-4-5-12(11-21)14-15(13-9-18-10-13)20-7-6-19-14/h6-7,9,12,18H,4-5,8,10-11H2,1-3H3. The maximum absolute atomic E-state index is 12.3. The van der Waals surface area contributed by atoms with E-state index in [0.717, 1.165) is 37.3 Å². The van der Waals surface area contributed by atoms with Gasteiger partial charge in [0.1, 0.15) is 5.60 Å². The summed E-state index contributed by atoms with van der Waals surface area (Å²) in [5.41, 5.74) is 2.67. The highest BCUT2D eigenvalue weighted by Gasteiger charge is 2.31. The van der Waals surface area contributed by atoms with Crippen LogP contribution in [0.15, 0.2) is 18.6 Å². The molecule has 0 bridgehead atoms. The van der Waals surface area contributed by atoms with Gasteiger partial charge in [0.25, 0.3) is 0 Å². The average Bonchev–Trinajstić information content (AvgIpc) is 2.44. The van der Waals surface area contributed by atoms with Crippen molar-refractivity contribution in [3.05, 3.63) is 30.0 Å². The molecular formula is C17H24N4O2. The van der Waals surface area contributed by atoms with Crippen molar-refractivity contribution < 1.29 is 9.53 Å². The minimum Gasteiger partial charge on any atom is -0.444 e. The van der Waals surface area contributed by atoms with Gasteiger partial charge in [-0.25, -0.2) is 4.79 Å². The molecule has 1 amide bonds. The van der Waals surface area contributed by atoms with Gasteiger partial charge in [-0.15, -0.1) is 0 Å². The van der Waals surface area contributed by atoms with E-state index >= 15 is 0 Å². The fourth-order valence-electron chi connectivity index (χ4n) is 2.94. The molecule has 1 N–H and O–H groups in total. The quantitative estimate of drug-likeness (QED) is 0.908. The van der Waals surface area contributed by atoms with Gasteiger partial charge in [0.05, 0.1) is 11.4 Å². The Balaban J connectivity index is 1.75. The third-order valence-electron chi connectivity index (χ3n) is 4.06. The Morgan fingerprint density at radius 2 is 2.09 bits per heavy atom. The fourth-order valence-corrected chi connectivity index (χ4v) is 2.94. The minimum atomic E-state index is -0.468. The Morgan fingerprint density at radius 3 is 2.74 bits per heavy atom. The van der Waals surface area contributed by atoms with E-state index in [1.54, 1.807) is 17.3 Å². The van der Waals surface area contributed by atoms with Gasteiger partial charge in [0.2, 0.25) is 0 Å². The first-order valence-corrected chi connectivity index (χ1v) is 8.16. The molecule has 3 rings (SSSR count). The van der Waals surface area contributed by atoms with Crippen LogP contribution in [-0.4, -0.2) is 46.2 Å². The number of nitrogens with zero attached hydrogens (tertiary/aromatic N) is 3. The Hall–Kier alpha value is -2.11. The Bertz CT molecular complexity index is 621. The lowest BCUT2D eigenvalue weighted by atomic mass is 9.91. The van der Waals surface area contributed by atoms with E-state index < -0.39 is 5.60 Å². The van der Waals surface area contributed by atoms with Crippen LogP contribution in [0, 0.1) is 0 Å². The molecule has 1 saturated heterocycles. The monoisotopic (exact) mass is 316 g/mol. The first-order chi connectivity index (χ1) is 10.9. The van der Waals surface area contributed by atoms with Crippen LogP contribution in [0.25, 0.3) is 5.57 Å². The largest absolute Gasteiger partial charge is 0.444 e. The number of nitrogens with one attached hydrogen (secondary N) is 1. The SMILES string of the molecule is CC(C)(C)OC(=O)N1CCCC(c2nccnc2C2=CNC2)C1. The summed E-state index contributed by atoms with van der Waals surface area (Å²) in [4.78, 5) is 23.2. The molecule has 0 aliphatic carbocycles. The first kappa shape index (κ1) is 15.8. The van der Waals surface area contributed by atoms with Gasteiger partial charge < -0.3 is 15.0 Å². The predicted octanol–water partition coefficient (Wildman–Crippen LogP) is 2.54. The van der Waals surface area contributed by atoms with Crippen molar-refractivity contribution >= 4 is 11.7 Å². The van der Waals surface area contributed by atoms with Crippen molar-refractivity contribution in [3.8, 4) is 0 Å². The lowest BCUT2D eigenvalue weighted by molar-refractivity contribution is 0.0197. The number of piperidine rings is 1. The zero-order valence-corrected chi connectivity index (χ0v) is 14.0. The molecule has 6 nitrogen and oxygen atoms in total. The third-order valence-corrected chi connectivity index (χ3v) is 4.06. The number of ether oxygens (including phenoxy) is 1. The maximum Gasteiger partial charge on any atom is 0.410 e. The van der Waals surface area contributed by atoms with Crippen LogP contribution < -0.4 is 5.32 Å². The molecule has 0 aromatic carbocycles. The fraction of sp³-hybridized carbons (Fsp3) is 0.588. The van der Waals surface area contributed by atoms with Crippen LogP contribution in [0.4, 0.5) is 4.79 Å². The van der Waals surface area contributed by atoms with Gasteiger partial charge in [-0.3, -0.25) is 9.97 Å². The van der Waals surface area contributed by atoms with Crippen molar-refractivity contribution in [2.45, 2.75) is 45.1 Å². The molecule has 23 heavy (non-hydrogen) atoms. The molecule has 3 heterocycles. The number of carbonyl (C=O) groups is 1. The lowest BCUT2D eigenvalue weighted by Gasteiger charge is -2.34. The van der Waals surface area contributed by atoms with E-state index in [4.69, 9.17) is 4.74 Å². The Morgan fingerprint density at radius 1 is 1.35 bits per heavy atom. The van der Waals surface area contributed by atoms with Crippen LogP contribution in [-0.2, 0) is 4.74 Å². The third kappa shape index (κ3) is 3.63. The summed E-state index contributed by atoms with van der Waals surface area (Å²) in [5, 5.41) is 3.13. The van der Waals surface area contributed by atoms with Crippen LogP contribution >= 0.6 is 0 Å². The van der Waals surface area contributed by atoms with E-state index in [0.29, 0.717) is 6.54 Å². The van der Waals surface area contributed by atoms with Crippen molar-refractivity contribution in [2.75, 3.05) is 19.6 Å². The van der Waals surface area contributed by atoms with E-state index in [1.807, 2.05) is 27.0 Å². The molecule has 1 fully saturated rings. The Kier molecular flexibility index (Phi) is 4.24. The van der Waals surface area contributed by atoms with Gasteiger partial charge in [-0.2, -0.15) is 0 Å². The number of carbonyl (C=O) groups excluding carboxylic acids is 1. The summed E-state index contributed by atoms with van der Waals surface area (Å²) < 4.78 is 5.50. The molecular weight excluding hydrogens is 292 g/mol. The molecule has 1 unspecified atom stereocenters. The summed E-state index contributed by atoms with van der Waals surface area (Å²) in [6.45, 7) is 7.89. The molecule has 0 radical (unpaired) electrons. The predicted molar refractivity (Wildman–Crippen MR) is 87.8 cm³/mol. The van der Waals surface area contributed by atoms with E-state index in [1.165, 1.54) is 5.57 Å². The Labute approximate surface area is 136 Å². The van der Waals surface area contributed by atoms with Crippen molar-refractivity contribution in [1.29, 1.82) is 0 Å². The van der Waals surface area contributed by atoms with Crippen LogP contribution in [0.5, 0.6) is 0 Å². The second-order valence-corrected chi connectivity index (χ2v) is 7.11. The summed E-state index contributed by atoms with van der Waals surface area (Å²) in [6.07, 6.45) is 7.17. The summed E-state index contributed by atoms with van der Waals surface area (Å²) in [5.74, 6) is 0.210. The molecule has 6 heteroatoms. The molecule has 2 aliphatic heterocycles. The number of hydrogen-bond acceptors (Lipinski definition) is 5. The number of likely N-dealkylation sites (tertiary alicyclic amines) is 1. The van der Waals surface area contributed by atoms with Gasteiger partial charge in [0, 0.05) is 49.7 Å². The lowest BCUT2D eigenvalue weighted by Crippen LogP contribution is -2.42. The minimum absolute atomic E-state index is 0.210. The smallest absolute Gasteiger partial charge is 0.410 e. The van der Waals surface area contributed by atoms with E-state index in [9.17, 15) is 4.79 Å². The number of aromatic nitrogens is 2. The van der Waals surface area contributed by atoms with Gasteiger partial charge in [-0.1, -0.05) is 0 Å². The molecule has 2 aliphatic rings. The zero-order chi connectivity index (χ0) is 16.4. The van der Waals surface area contributed by atoms with Crippen molar-refractivity contribution in [1.82, 2.24) is 20.2 Å². The summed E-state index contributed by atoms with van der Waals surface area (Å²) >= 11 is 0. The number of rotatable bonds is 2. The van der Waals surface area contributed by atoms with Crippen LogP contribution in [0.2, 0.25) is 0 Å². The highest BCUT2D eigenvalue weighted by molar-refractivity contribution is 5.70. The molecule has 0 saturated carbocycles. The average molecular weight is 316 g/mol. The van der Waals surface area contributed by atoms with E-state index in [-0.39, 0.29) is 12.0 Å². The highest BCUT2D eigenvalue weighted by Crippen LogP contribution is 2.31. The topological polar surface area (TPSA) is 67.3 Å². The van der Waals surface area contributed by atoms with E-state index in [2.05, 4.69) is 15.3 Å². The summed E-state index contributed by atoms with van der Waals surface area (Å²) in [6, 6.07) is 0. The van der Waals surface area contributed by atoms with Crippen LogP contribution in [0.1, 0.15) is 50.9 Å². The molecule has 1 aromatic rings. The molecule has 0 spiro atoms. The number of hydrogen-bond donors (Lipinski definition) is 1. The zero-order valence-electron chi connectivity index (χ0n) is 14.0. The van der Waals surface area contributed by atoms with Gasteiger partial charge >= 0.3 is 6.09 Å². The van der Waals surface area contributed by atoms with Gasteiger partial charge in [0.15, 0.2) is 0 Å². The van der Waals surface area contributed by atoms with Crippen molar-refractivity contribution in [3.63, 3.8) is 0 Å². The maximum atomic E-state index is 12.3. The van der Waals surface area contributed by atoms with Crippen molar-refractivity contribution in [2.24, 2.45) is 0 Å².